The topological polar surface area (TPSA) is 41.1 Å². The van der Waals surface area contributed by atoms with Crippen molar-refractivity contribution in [2.75, 3.05) is 11.9 Å². The Kier molecular flexibility index (Phi) is 4.78. The fraction of sp³-hybridized carbons (Fsp3) is 0.312. The van der Waals surface area contributed by atoms with Crippen molar-refractivity contribution < 1.29 is 4.79 Å². The second-order valence-corrected chi connectivity index (χ2v) is 4.65. The van der Waals surface area contributed by atoms with Crippen molar-refractivity contribution >= 4 is 22.5 Å². The van der Waals surface area contributed by atoms with Crippen LogP contribution in [0.25, 0.3) is 10.8 Å². The fourth-order valence-electron chi connectivity index (χ4n) is 2.02. The summed E-state index contributed by atoms with van der Waals surface area (Å²) >= 11 is 0. The molecule has 2 aromatic rings. The van der Waals surface area contributed by atoms with Crippen LogP contribution in [0.3, 0.4) is 0 Å². The highest BCUT2D eigenvalue weighted by atomic mass is 16.2. The van der Waals surface area contributed by atoms with Gasteiger partial charge < -0.3 is 10.6 Å². The molecule has 2 amide bonds. The van der Waals surface area contributed by atoms with Crippen molar-refractivity contribution in [3.8, 4) is 0 Å². The van der Waals surface area contributed by atoms with Crippen LogP contribution in [0.4, 0.5) is 10.5 Å². The Morgan fingerprint density at radius 1 is 1.05 bits per heavy atom. The highest BCUT2D eigenvalue weighted by Gasteiger charge is 2.01. The summed E-state index contributed by atoms with van der Waals surface area (Å²) in [6, 6.07) is 13.9. The summed E-state index contributed by atoms with van der Waals surface area (Å²) in [5.41, 5.74) is 0.826. The number of hydrogen-bond donors (Lipinski definition) is 2. The van der Waals surface area contributed by atoms with Gasteiger partial charge in [0.1, 0.15) is 0 Å². The molecular weight excluding hydrogens is 236 g/mol. The van der Waals surface area contributed by atoms with Crippen LogP contribution in [0.15, 0.2) is 42.5 Å². The summed E-state index contributed by atoms with van der Waals surface area (Å²) < 4.78 is 0. The van der Waals surface area contributed by atoms with Gasteiger partial charge in [-0.3, -0.25) is 0 Å². The molecule has 2 aromatic carbocycles. The summed E-state index contributed by atoms with van der Waals surface area (Å²) in [5.74, 6) is 0. The van der Waals surface area contributed by atoms with Crippen molar-refractivity contribution in [3.63, 3.8) is 0 Å². The van der Waals surface area contributed by atoms with Gasteiger partial charge in [0.05, 0.1) is 0 Å². The van der Waals surface area contributed by atoms with E-state index in [1.807, 2.05) is 36.4 Å². The van der Waals surface area contributed by atoms with Crippen LogP contribution in [0.2, 0.25) is 0 Å². The first-order valence-corrected chi connectivity index (χ1v) is 6.83. The van der Waals surface area contributed by atoms with Crippen LogP contribution >= 0.6 is 0 Å². The average molecular weight is 256 g/mol. The molecular formula is C16H20N2O. The summed E-state index contributed by atoms with van der Waals surface area (Å²) in [5, 5.41) is 8.03. The third-order valence-corrected chi connectivity index (χ3v) is 3.07. The van der Waals surface area contributed by atoms with Crippen molar-refractivity contribution in [3.05, 3.63) is 42.5 Å². The lowest BCUT2D eigenvalue weighted by Gasteiger charge is -2.08. The molecule has 0 spiro atoms. The Morgan fingerprint density at radius 2 is 1.84 bits per heavy atom. The zero-order valence-corrected chi connectivity index (χ0v) is 11.3. The molecule has 3 nitrogen and oxygen atoms in total. The third-order valence-electron chi connectivity index (χ3n) is 3.07. The number of benzene rings is 2. The van der Waals surface area contributed by atoms with Gasteiger partial charge in [0.15, 0.2) is 0 Å². The van der Waals surface area contributed by atoms with E-state index in [1.165, 1.54) is 5.39 Å². The number of hydrogen-bond acceptors (Lipinski definition) is 1. The maximum atomic E-state index is 11.7. The molecule has 0 aromatic heterocycles. The molecule has 0 radical (unpaired) electrons. The number of amides is 2. The van der Waals surface area contributed by atoms with Crippen LogP contribution in [-0.2, 0) is 0 Å². The van der Waals surface area contributed by atoms with Crippen LogP contribution in [-0.4, -0.2) is 12.6 Å². The molecule has 0 heterocycles. The SMILES string of the molecule is CCCCCNC(=O)Nc1ccc2ccccc2c1. The molecule has 0 aliphatic rings. The van der Waals surface area contributed by atoms with Gasteiger partial charge in [-0.1, -0.05) is 50.1 Å². The van der Waals surface area contributed by atoms with E-state index in [9.17, 15) is 4.79 Å². The van der Waals surface area contributed by atoms with Gasteiger partial charge in [-0.2, -0.15) is 0 Å². The summed E-state index contributed by atoms with van der Waals surface area (Å²) in [6.45, 7) is 2.88. The first-order valence-electron chi connectivity index (χ1n) is 6.83. The first kappa shape index (κ1) is 13.4. The van der Waals surface area contributed by atoms with Gasteiger partial charge >= 0.3 is 6.03 Å². The molecule has 2 rings (SSSR count). The number of rotatable bonds is 5. The number of nitrogens with one attached hydrogen (secondary N) is 2. The summed E-state index contributed by atoms with van der Waals surface area (Å²) in [6.07, 6.45) is 3.34. The van der Waals surface area contributed by atoms with Gasteiger partial charge in [-0.15, -0.1) is 0 Å². The monoisotopic (exact) mass is 256 g/mol. The maximum Gasteiger partial charge on any atom is 0.319 e. The van der Waals surface area contributed by atoms with Crippen molar-refractivity contribution in [2.45, 2.75) is 26.2 Å². The molecule has 100 valence electrons. The van der Waals surface area contributed by atoms with Gasteiger partial charge in [0, 0.05) is 12.2 Å². The van der Waals surface area contributed by atoms with E-state index < -0.39 is 0 Å². The van der Waals surface area contributed by atoms with Gasteiger partial charge in [-0.25, -0.2) is 4.79 Å². The summed E-state index contributed by atoms with van der Waals surface area (Å²) in [7, 11) is 0. The highest BCUT2D eigenvalue weighted by molar-refractivity contribution is 5.93. The molecule has 0 unspecified atom stereocenters. The predicted molar refractivity (Wildman–Crippen MR) is 80.5 cm³/mol. The van der Waals surface area contributed by atoms with Gasteiger partial charge in [0.2, 0.25) is 0 Å². The van der Waals surface area contributed by atoms with E-state index in [0.717, 1.165) is 36.9 Å². The Balaban J connectivity index is 1.91. The molecule has 2 N–H and O–H groups in total. The van der Waals surface area contributed by atoms with Crippen molar-refractivity contribution in [1.29, 1.82) is 0 Å². The lowest BCUT2D eigenvalue weighted by Crippen LogP contribution is -2.29. The average Bonchev–Trinajstić information content (AvgIpc) is 2.43. The Bertz CT molecular complexity index is 551. The minimum atomic E-state index is -0.133. The molecule has 0 aliphatic heterocycles. The smallest absolute Gasteiger partial charge is 0.319 e. The number of fused-ring (bicyclic) bond motifs is 1. The molecule has 0 saturated heterocycles. The zero-order chi connectivity index (χ0) is 13.5. The van der Waals surface area contributed by atoms with E-state index in [2.05, 4.69) is 23.6 Å². The van der Waals surface area contributed by atoms with Crippen LogP contribution in [0, 0.1) is 0 Å². The van der Waals surface area contributed by atoms with E-state index in [1.54, 1.807) is 0 Å². The Morgan fingerprint density at radius 3 is 2.63 bits per heavy atom. The number of carbonyl (C=O) groups is 1. The van der Waals surface area contributed by atoms with Crippen LogP contribution in [0.5, 0.6) is 0 Å². The predicted octanol–water partition coefficient (Wildman–Crippen LogP) is 4.15. The van der Waals surface area contributed by atoms with Gasteiger partial charge in [-0.05, 0) is 29.3 Å². The number of anilines is 1. The fourth-order valence-corrected chi connectivity index (χ4v) is 2.02. The minimum Gasteiger partial charge on any atom is -0.338 e. The Hall–Kier alpha value is -2.03. The molecule has 0 bridgehead atoms. The molecule has 3 heteroatoms. The van der Waals surface area contributed by atoms with E-state index in [-0.39, 0.29) is 6.03 Å². The number of urea groups is 1. The standard InChI is InChI=1S/C16H20N2O/c1-2-3-6-11-17-16(19)18-15-10-9-13-7-4-5-8-14(13)12-15/h4-5,7-10,12H,2-3,6,11H2,1H3,(H2,17,18,19). The van der Waals surface area contributed by atoms with E-state index in [4.69, 9.17) is 0 Å². The molecule has 19 heavy (non-hydrogen) atoms. The Labute approximate surface area is 114 Å². The molecule has 0 aliphatic carbocycles. The van der Waals surface area contributed by atoms with E-state index in [0.29, 0.717) is 0 Å². The molecule has 0 saturated carbocycles. The summed E-state index contributed by atoms with van der Waals surface area (Å²) in [4.78, 5) is 11.7. The quantitative estimate of drug-likeness (QED) is 0.775. The molecule has 0 atom stereocenters. The van der Waals surface area contributed by atoms with Crippen LogP contribution in [0.1, 0.15) is 26.2 Å². The lowest BCUT2D eigenvalue weighted by atomic mass is 10.1. The second-order valence-electron chi connectivity index (χ2n) is 4.65. The number of unbranched alkanes of at least 4 members (excludes halogenated alkanes) is 2. The van der Waals surface area contributed by atoms with E-state index >= 15 is 0 Å². The van der Waals surface area contributed by atoms with Crippen molar-refractivity contribution in [1.82, 2.24) is 5.32 Å². The lowest BCUT2D eigenvalue weighted by molar-refractivity contribution is 0.252. The minimum absolute atomic E-state index is 0.133. The van der Waals surface area contributed by atoms with Gasteiger partial charge in [0.25, 0.3) is 0 Å². The number of carbonyl (C=O) groups excluding carboxylic acids is 1. The largest absolute Gasteiger partial charge is 0.338 e. The normalized spacial score (nSPS) is 10.4. The van der Waals surface area contributed by atoms with Crippen molar-refractivity contribution in [2.24, 2.45) is 0 Å². The first-order chi connectivity index (χ1) is 9.29. The molecule has 0 fully saturated rings. The second kappa shape index (κ2) is 6.78. The maximum absolute atomic E-state index is 11.7. The highest BCUT2D eigenvalue weighted by Crippen LogP contribution is 2.18. The zero-order valence-electron chi connectivity index (χ0n) is 11.3. The third kappa shape index (κ3) is 3.98. The van der Waals surface area contributed by atoms with Crippen LogP contribution < -0.4 is 10.6 Å².